The van der Waals surface area contributed by atoms with E-state index < -0.39 is 17.4 Å². The zero-order chi connectivity index (χ0) is 35.7. The summed E-state index contributed by atoms with van der Waals surface area (Å²) in [5, 5.41) is 24.1. The predicted molar refractivity (Wildman–Crippen MR) is 198 cm³/mol. The van der Waals surface area contributed by atoms with Crippen molar-refractivity contribution < 1.29 is 24.5 Å². The SMILES string of the molecule is C=C(CNCCN1CCOCC1)C1CCC2(C(=O)O)CCC3(C)C(CCC4C5(C)CC=C(c6ccc(C(=O)O)cc6)C(C)(C)C5CCC43C)C12. The molecule has 274 valence electrons. The third kappa shape index (κ3) is 5.38. The minimum Gasteiger partial charge on any atom is -0.481 e. The Bertz CT molecular complexity index is 1530. The van der Waals surface area contributed by atoms with E-state index in [-0.39, 0.29) is 33.5 Å². The van der Waals surface area contributed by atoms with Crippen molar-refractivity contribution >= 4 is 17.5 Å². The van der Waals surface area contributed by atoms with Crippen LogP contribution in [0.15, 0.2) is 42.5 Å². The highest BCUT2D eigenvalue weighted by atomic mass is 16.5. The summed E-state index contributed by atoms with van der Waals surface area (Å²) in [4.78, 5) is 27.3. The fraction of sp³-hybridized carbons (Fsp3) is 0.721. The number of hydrogen-bond donors (Lipinski definition) is 3. The van der Waals surface area contributed by atoms with Crippen LogP contribution in [0, 0.1) is 56.7 Å². The van der Waals surface area contributed by atoms with Crippen LogP contribution in [0.5, 0.6) is 0 Å². The molecule has 0 radical (unpaired) electrons. The van der Waals surface area contributed by atoms with Crippen LogP contribution in [0.2, 0.25) is 0 Å². The van der Waals surface area contributed by atoms with E-state index in [9.17, 15) is 19.8 Å². The molecule has 7 rings (SSSR count). The van der Waals surface area contributed by atoms with Crippen molar-refractivity contribution in [3.05, 3.63) is 53.6 Å². The molecule has 1 saturated heterocycles. The molecule has 4 saturated carbocycles. The number of rotatable bonds is 9. The van der Waals surface area contributed by atoms with Crippen LogP contribution in [0.4, 0.5) is 0 Å². The molecule has 9 unspecified atom stereocenters. The number of ether oxygens (including phenoxy) is 1. The first-order chi connectivity index (χ1) is 23.7. The number of benzene rings is 1. The number of carbonyl (C=O) groups is 2. The number of hydrogen-bond acceptors (Lipinski definition) is 5. The Morgan fingerprint density at radius 3 is 2.30 bits per heavy atom. The molecule has 0 spiro atoms. The third-order valence-corrected chi connectivity index (χ3v) is 16.5. The first kappa shape index (κ1) is 35.9. The fourth-order valence-corrected chi connectivity index (χ4v) is 13.8. The van der Waals surface area contributed by atoms with Crippen molar-refractivity contribution in [2.24, 2.45) is 56.7 Å². The first-order valence-corrected chi connectivity index (χ1v) is 19.7. The highest BCUT2D eigenvalue weighted by Gasteiger charge is 2.71. The summed E-state index contributed by atoms with van der Waals surface area (Å²) in [6, 6.07) is 7.49. The van der Waals surface area contributed by atoms with Crippen molar-refractivity contribution in [1.29, 1.82) is 0 Å². The van der Waals surface area contributed by atoms with E-state index in [1.165, 1.54) is 30.4 Å². The van der Waals surface area contributed by atoms with E-state index in [0.29, 0.717) is 23.3 Å². The second kappa shape index (κ2) is 12.9. The number of nitrogens with one attached hydrogen (secondary N) is 1. The van der Waals surface area contributed by atoms with Crippen LogP contribution in [-0.2, 0) is 9.53 Å². The molecule has 0 bridgehead atoms. The Hall–Kier alpha value is -2.48. The van der Waals surface area contributed by atoms with Gasteiger partial charge in [-0.1, -0.05) is 65.0 Å². The van der Waals surface area contributed by atoms with Crippen LogP contribution in [0.25, 0.3) is 5.57 Å². The number of aromatic carboxylic acids is 1. The summed E-state index contributed by atoms with van der Waals surface area (Å²) >= 11 is 0. The van der Waals surface area contributed by atoms with Gasteiger partial charge in [-0.2, -0.15) is 0 Å². The standard InChI is InChI=1S/C43H62N2O5/c1-28(27-44-21-22-45-23-25-50-26-24-45)31-13-18-43(38(48)49)20-19-41(5)33(36(31)43)11-12-35-40(4)16-14-32(29-7-9-30(10-8-29)37(46)47)39(2,3)34(40)15-17-42(35,41)6/h7-10,14,31,33-36,44H,1,11-13,15-27H2,2-6H3,(H,46,47)(H,48,49). The number of aliphatic carboxylic acids is 1. The molecule has 1 aliphatic heterocycles. The molecule has 0 aromatic heterocycles. The maximum Gasteiger partial charge on any atom is 0.335 e. The molecule has 5 fully saturated rings. The Morgan fingerprint density at radius 2 is 1.62 bits per heavy atom. The number of fused-ring (bicyclic) bond motifs is 7. The van der Waals surface area contributed by atoms with Crippen LogP contribution >= 0.6 is 0 Å². The third-order valence-electron chi connectivity index (χ3n) is 16.5. The van der Waals surface area contributed by atoms with Crippen molar-refractivity contribution in [3.8, 4) is 0 Å². The lowest BCUT2D eigenvalue weighted by Crippen LogP contribution is -2.66. The normalized spacial score (nSPS) is 40.8. The lowest BCUT2D eigenvalue weighted by atomic mass is 9.32. The Kier molecular flexibility index (Phi) is 9.25. The average Bonchev–Trinajstić information content (AvgIpc) is 3.49. The Labute approximate surface area is 300 Å². The second-order valence-electron chi connectivity index (χ2n) is 18.5. The summed E-state index contributed by atoms with van der Waals surface area (Å²) in [6.45, 7) is 23.6. The number of carboxylic acid groups (broad SMARTS) is 2. The molecule has 0 amide bonds. The monoisotopic (exact) mass is 686 g/mol. The Balaban J connectivity index is 1.13. The maximum atomic E-state index is 13.3. The van der Waals surface area contributed by atoms with E-state index in [1.807, 2.05) is 12.1 Å². The quantitative estimate of drug-likeness (QED) is 0.179. The molecule has 6 aliphatic rings. The van der Waals surface area contributed by atoms with Gasteiger partial charge in [0.1, 0.15) is 0 Å². The summed E-state index contributed by atoms with van der Waals surface area (Å²) in [6.07, 6.45) is 11.7. The molecule has 50 heavy (non-hydrogen) atoms. The van der Waals surface area contributed by atoms with Crippen LogP contribution in [0.3, 0.4) is 0 Å². The molecule has 9 atom stereocenters. The van der Waals surface area contributed by atoms with E-state index in [2.05, 4.69) is 57.5 Å². The van der Waals surface area contributed by atoms with Crippen molar-refractivity contribution in [2.45, 2.75) is 92.4 Å². The molecule has 3 N–H and O–H groups in total. The molecule has 1 heterocycles. The van der Waals surface area contributed by atoms with Gasteiger partial charge in [-0.15, -0.1) is 0 Å². The smallest absolute Gasteiger partial charge is 0.335 e. The molecule has 1 aromatic rings. The highest BCUT2D eigenvalue weighted by Crippen LogP contribution is 2.77. The van der Waals surface area contributed by atoms with Gasteiger partial charge in [0.2, 0.25) is 0 Å². The number of nitrogens with zero attached hydrogens (tertiary/aromatic N) is 1. The van der Waals surface area contributed by atoms with Crippen LogP contribution < -0.4 is 5.32 Å². The minimum atomic E-state index is -0.885. The van der Waals surface area contributed by atoms with E-state index in [4.69, 9.17) is 4.74 Å². The predicted octanol–water partition coefficient (Wildman–Crippen LogP) is 8.02. The molecule has 7 heteroatoms. The molecule has 5 aliphatic carbocycles. The van der Waals surface area contributed by atoms with Crippen molar-refractivity contribution in [3.63, 3.8) is 0 Å². The lowest BCUT2D eigenvalue weighted by Gasteiger charge is -2.72. The summed E-state index contributed by atoms with van der Waals surface area (Å²) < 4.78 is 5.51. The lowest BCUT2D eigenvalue weighted by molar-refractivity contribution is -0.227. The van der Waals surface area contributed by atoms with E-state index >= 15 is 0 Å². The molecule has 1 aromatic carbocycles. The fourth-order valence-electron chi connectivity index (χ4n) is 13.8. The first-order valence-electron chi connectivity index (χ1n) is 19.7. The van der Waals surface area contributed by atoms with Crippen molar-refractivity contribution in [1.82, 2.24) is 10.2 Å². The van der Waals surface area contributed by atoms with Gasteiger partial charge in [0, 0.05) is 32.7 Å². The summed E-state index contributed by atoms with van der Waals surface area (Å²) in [5.74, 6) is 0.446. The topological polar surface area (TPSA) is 99.1 Å². The average molecular weight is 687 g/mol. The van der Waals surface area contributed by atoms with Crippen LogP contribution in [-0.4, -0.2) is 73.0 Å². The van der Waals surface area contributed by atoms with Gasteiger partial charge >= 0.3 is 11.9 Å². The highest BCUT2D eigenvalue weighted by molar-refractivity contribution is 5.88. The number of morpholine rings is 1. The Morgan fingerprint density at radius 1 is 0.900 bits per heavy atom. The maximum absolute atomic E-state index is 13.3. The van der Waals surface area contributed by atoms with Gasteiger partial charge in [-0.05, 0) is 132 Å². The van der Waals surface area contributed by atoms with Gasteiger partial charge in [0.05, 0.1) is 24.2 Å². The molecular weight excluding hydrogens is 624 g/mol. The zero-order valence-corrected chi connectivity index (χ0v) is 31.4. The molecular formula is C43H62N2O5. The second-order valence-corrected chi connectivity index (χ2v) is 18.5. The van der Waals surface area contributed by atoms with Gasteiger partial charge in [0.25, 0.3) is 0 Å². The summed E-state index contributed by atoms with van der Waals surface area (Å²) in [7, 11) is 0. The summed E-state index contributed by atoms with van der Waals surface area (Å²) in [5.41, 5.74) is 3.76. The van der Waals surface area contributed by atoms with Gasteiger partial charge < -0.3 is 20.3 Å². The number of allylic oxidation sites excluding steroid dienone is 2. The van der Waals surface area contributed by atoms with E-state index in [1.54, 1.807) is 12.1 Å². The van der Waals surface area contributed by atoms with E-state index in [0.717, 1.165) is 90.0 Å². The van der Waals surface area contributed by atoms with Gasteiger partial charge in [-0.3, -0.25) is 9.69 Å². The minimum absolute atomic E-state index is 0.0368. The number of carboxylic acids is 2. The molecule has 7 nitrogen and oxygen atoms in total. The largest absolute Gasteiger partial charge is 0.481 e. The zero-order valence-electron chi connectivity index (χ0n) is 31.4. The van der Waals surface area contributed by atoms with Crippen LogP contribution in [0.1, 0.15) is 108 Å². The van der Waals surface area contributed by atoms with Crippen molar-refractivity contribution in [2.75, 3.05) is 45.9 Å². The van der Waals surface area contributed by atoms with Gasteiger partial charge in [0.15, 0.2) is 0 Å². The van der Waals surface area contributed by atoms with Gasteiger partial charge in [-0.25, -0.2) is 4.79 Å².